The van der Waals surface area contributed by atoms with E-state index in [1.165, 1.54) is 11.8 Å². The smallest absolute Gasteiger partial charge is 0.264 e. The number of phenolic OH excluding ortho intramolecular Hbond substituents is 1. The maximum Gasteiger partial charge on any atom is 0.264 e. The first-order valence-electron chi connectivity index (χ1n) is 7.38. The van der Waals surface area contributed by atoms with Crippen molar-refractivity contribution in [3.8, 4) is 5.75 Å². The zero-order valence-electron chi connectivity index (χ0n) is 13.4. The van der Waals surface area contributed by atoms with E-state index in [9.17, 15) is 9.90 Å². The minimum atomic E-state index is -0.206. The summed E-state index contributed by atoms with van der Waals surface area (Å²) in [5.74, 6) is -0.0239. The summed E-state index contributed by atoms with van der Waals surface area (Å²) in [6.45, 7) is 4.00. The third-order valence-electron chi connectivity index (χ3n) is 3.58. The normalized spacial score (nSPS) is 17.4. The number of aliphatic imine (C=N–C) groups is 1. The van der Waals surface area contributed by atoms with Gasteiger partial charge in [-0.1, -0.05) is 12.1 Å². The van der Waals surface area contributed by atoms with Gasteiger partial charge in [-0.05, 0) is 106 Å². The number of benzene rings is 2. The van der Waals surface area contributed by atoms with Gasteiger partial charge in [0.1, 0.15) is 5.75 Å². The van der Waals surface area contributed by atoms with Crippen molar-refractivity contribution in [3.63, 3.8) is 0 Å². The van der Waals surface area contributed by atoms with Gasteiger partial charge in [0.2, 0.25) is 0 Å². The van der Waals surface area contributed by atoms with Crippen molar-refractivity contribution in [2.45, 2.75) is 13.8 Å². The van der Waals surface area contributed by atoms with Gasteiger partial charge in [-0.3, -0.25) is 4.79 Å². The van der Waals surface area contributed by atoms with Crippen molar-refractivity contribution in [3.05, 3.63) is 59.1 Å². The molecule has 0 bridgehead atoms. The number of rotatable bonds is 2. The molecule has 1 amide bonds. The Labute approximate surface area is 177 Å². The number of phenols is 1. The number of aryl methyl sites for hydroxylation is 2. The Morgan fingerprint density at radius 3 is 2.72 bits per heavy atom. The molecule has 2 aromatic rings. The van der Waals surface area contributed by atoms with E-state index in [4.69, 9.17) is 0 Å². The average Bonchev–Trinajstić information content (AvgIpc) is 2.87. The van der Waals surface area contributed by atoms with Crippen LogP contribution >= 0.6 is 56.9 Å². The first kappa shape index (κ1) is 18.7. The molecule has 0 unspecified atom stereocenters. The molecule has 0 radical (unpaired) electrons. The molecule has 128 valence electrons. The highest BCUT2D eigenvalue weighted by Gasteiger charge is 2.24. The van der Waals surface area contributed by atoms with E-state index < -0.39 is 0 Å². The van der Waals surface area contributed by atoms with Crippen molar-refractivity contribution in [2.75, 3.05) is 0 Å². The maximum atomic E-state index is 12.2. The van der Waals surface area contributed by atoms with Crippen LogP contribution in [0.5, 0.6) is 5.75 Å². The van der Waals surface area contributed by atoms with Crippen LogP contribution < -0.4 is 5.32 Å². The number of carbonyl (C=O) groups excluding carboxylic acids is 1. The van der Waals surface area contributed by atoms with Gasteiger partial charge in [-0.15, -0.1) is 0 Å². The zero-order valence-corrected chi connectivity index (χ0v) is 18.6. The van der Waals surface area contributed by atoms with Crippen molar-refractivity contribution in [1.82, 2.24) is 5.32 Å². The molecule has 3 rings (SSSR count). The van der Waals surface area contributed by atoms with E-state index in [0.717, 1.165) is 24.0 Å². The highest BCUT2D eigenvalue weighted by Crippen LogP contribution is 2.33. The van der Waals surface area contributed by atoms with Crippen molar-refractivity contribution in [1.29, 1.82) is 0 Å². The predicted octanol–water partition coefficient (Wildman–Crippen LogP) is 5.11. The molecule has 0 atom stereocenters. The van der Waals surface area contributed by atoms with Crippen LogP contribution in [0.25, 0.3) is 6.08 Å². The lowest BCUT2D eigenvalue weighted by Gasteiger charge is -2.04. The summed E-state index contributed by atoms with van der Waals surface area (Å²) in [4.78, 5) is 17.3. The van der Waals surface area contributed by atoms with Gasteiger partial charge in [-0.25, -0.2) is 4.99 Å². The second-order valence-electron chi connectivity index (χ2n) is 5.60. The standard InChI is InChI=1S/C18H14I2N2O2S/c1-9-3-4-10(2)14(5-9)21-18-22-17(24)15(25-18)7-11-6-12(19)8-13(20)16(11)23/h3-8,23H,1-2H3,(H,21,22,24)/b15-7-. The number of hydrogen-bond acceptors (Lipinski definition) is 4. The van der Waals surface area contributed by atoms with Gasteiger partial charge in [0.05, 0.1) is 14.2 Å². The third kappa shape index (κ3) is 4.37. The Balaban J connectivity index is 1.93. The van der Waals surface area contributed by atoms with Gasteiger partial charge < -0.3 is 10.4 Å². The molecular weight excluding hydrogens is 562 g/mol. The molecule has 2 N–H and O–H groups in total. The topological polar surface area (TPSA) is 61.7 Å². The van der Waals surface area contributed by atoms with Crippen molar-refractivity contribution >= 4 is 79.8 Å². The minimum absolute atomic E-state index is 0.182. The van der Waals surface area contributed by atoms with Gasteiger partial charge in [0, 0.05) is 9.13 Å². The SMILES string of the molecule is Cc1ccc(C)c(N=C2NC(=O)/C(=C/c3cc(I)cc(I)c3O)S2)c1. The highest BCUT2D eigenvalue weighted by molar-refractivity contribution is 14.1. The van der Waals surface area contributed by atoms with Crippen molar-refractivity contribution < 1.29 is 9.90 Å². The molecule has 0 spiro atoms. The fraction of sp³-hybridized carbons (Fsp3) is 0.111. The predicted molar refractivity (Wildman–Crippen MR) is 120 cm³/mol. The number of carbonyl (C=O) groups is 1. The molecule has 0 aromatic heterocycles. The molecule has 1 aliphatic rings. The van der Waals surface area contributed by atoms with Crippen LogP contribution in [-0.2, 0) is 4.79 Å². The zero-order chi connectivity index (χ0) is 18.1. The van der Waals surface area contributed by atoms with Crippen molar-refractivity contribution in [2.24, 2.45) is 4.99 Å². The Hall–Kier alpha value is -1.07. The molecular formula is C18H14I2N2O2S. The number of amidine groups is 1. The lowest BCUT2D eigenvalue weighted by atomic mass is 10.1. The number of thioether (sulfide) groups is 1. The number of aromatic hydroxyl groups is 1. The third-order valence-corrected chi connectivity index (χ3v) is 5.94. The van der Waals surface area contributed by atoms with E-state index in [1.54, 1.807) is 6.08 Å². The van der Waals surface area contributed by atoms with Crippen LogP contribution in [0.15, 0.2) is 40.2 Å². The summed E-state index contributed by atoms with van der Waals surface area (Å²) in [7, 11) is 0. The Morgan fingerprint density at radius 2 is 1.96 bits per heavy atom. The molecule has 0 aliphatic carbocycles. The number of amides is 1. The number of nitrogens with one attached hydrogen (secondary N) is 1. The van der Waals surface area contributed by atoms with Gasteiger partial charge in [0.15, 0.2) is 5.17 Å². The summed E-state index contributed by atoms with van der Waals surface area (Å²) in [5, 5.41) is 13.5. The number of hydrogen-bond donors (Lipinski definition) is 2. The second-order valence-corrected chi connectivity index (χ2v) is 9.04. The van der Waals surface area contributed by atoms with Gasteiger partial charge >= 0.3 is 0 Å². The second kappa shape index (κ2) is 7.67. The highest BCUT2D eigenvalue weighted by atomic mass is 127. The lowest BCUT2D eigenvalue weighted by molar-refractivity contribution is -0.115. The van der Waals surface area contributed by atoms with Crippen LogP contribution in [-0.4, -0.2) is 16.2 Å². The fourth-order valence-electron chi connectivity index (χ4n) is 2.27. The first-order valence-corrected chi connectivity index (χ1v) is 10.4. The van der Waals surface area contributed by atoms with Crippen LogP contribution in [0.1, 0.15) is 16.7 Å². The van der Waals surface area contributed by atoms with E-state index >= 15 is 0 Å². The molecule has 2 aromatic carbocycles. The quantitative estimate of drug-likeness (QED) is 0.386. The summed E-state index contributed by atoms with van der Waals surface area (Å²) >= 11 is 5.54. The summed E-state index contributed by atoms with van der Waals surface area (Å²) in [6, 6.07) is 9.77. The van der Waals surface area contributed by atoms with Gasteiger partial charge in [0.25, 0.3) is 5.91 Å². The van der Waals surface area contributed by atoms with Crippen LogP contribution in [0.3, 0.4) is 0 Å². The van der Waals surface area contributed by atoms with E-state index in [0.29, 0.717) is 15.6 Å². The molecule has 1 heterocycles. The lowest BCUT2D eigenvalue weighted by Crippen LogP contribution is -2.19. The minimum Gasteiger partial charge on any atom is -0.506 e. The molecule has 1 saturated heterocycles. The van der Waals surface area contributed by atoms with Gasteiger partial charge in [-0.2, -0.15) is 0 Å². The summed E-state index contributed by atoms with van der Waals surface area (Å²) in [6.07, 6.45) is 1.70. The summed E-state index contributed by atoms with van der Waals surface area (Å²) < 4.78 is 1.75. The molecule has 1 aliphatic heterocycles. The van der Waals surface area contributed by atoms with E-state index in [-0.39, 0.29) is 11.7 Å². The Bertz CT molecular complexity index is 939. The number of nitrogens with zero attached hydrogens (tertiary/aromatic N) is 1. The monoisotopic (exact) mass is 576 g/mol. The average molecular weight is 576 g/mol. The first-order chi connectivity index (χ1) is 11.8. The largest absolute Gasteiger partial charge is 0.506 e. The van der Waals surface area contributed by atoms with Crippen LogP contribution in [0.2, 0.25) is 0 Å². The molecule has 25 heavy (non-hydrogen) atoms. The van der Waals surface area contributed by atoms with E-state index in [1.807, 2.05) is 44.2 Å². The number of halogens is 2. The fourth-order valence-corrected chi connectivity index (χ4v) is 4.98. The molecule has 1 fully saturated rings. The van der Waals surface area contributed by atoms with Crippen LogP contribution in [0, 0.1) is 21.0 Å². The molecule has 4 nitrogen and oxygen atoms in total. The maximum absolute atomic E-state index is 12.2. The molecule has 7 heteroatoms. The summed E-state index contributed by atoms with van der Waals surface area (Å²) in [5.41, 5.74) is 3.64. The molecule has 0 saturated carbocycles. The Kier molecular flexibility index (Phi) is 5.74. The van der Waals surface area contributed by atoms with E-state index in [2.05, 4.69) is 55.5 Å². The Morgan fingerprint density at radius 1 is 1.20 bits per heavy atom. The van der Waals surface area contributed by atoms with Crippen LogP contribution in [0.4, 0.5) is 5.69 Å².